The minimum absolute atomic E-state index is 0.0109. The highest BCUT2D eigenvalue weighted by atomic mass is 32.2. The summed E-state index contributed by atoms with van der Waals surface area (Å²) in [7, 11) is 1.59. The fraction of sp³-hybridized carbons (Fsp3) is 0.571. The third-order valence-electron chi connectivity index (χ3n) is 3.42. The number of hydrogen-bond donors (Lipinski definition) is 2. The minimum atomic E-state index is -3.41. The van der Waals surface area contributed by atoms with Gasteiger partial charge in [-0.2, -0.15) is 8.42 Å². The molecule has 0 heterocycles. The normalized spacial score (nSPS) is 19.9. The molecule has 0 amide bonds. The van der Waals surface area contributed by atoms with Gasteiger partial charge in [0.2, 0.25) is 0 Å². The summed E-state index contributed by atoms with van der Waals surface area (Å²) in [5.41, 5.74) is 0.678. The first-order valence-corrected chi connectivity index (χ1v) is 8.35. The number of likely N-dealkylation sites (N-methyl/N-ethyl adjacent to an activating group) is 1. The summed E-state index contributed by atoms with van der Waals surface area (Å²) in [5, 5.41) is 19.6. The van der Waals surface area contributed by atoms with E-state index in [0.717, 1.165) is 7.11 Å². The summed E-state index contributed by atoms with van der Waals surface area (Å²) < 4.78 is 27.3. The van der Waals surface area contributed by atoms with Crippen LogP contribution in [0.4, 0.5) is 0 Å². The van der Waals surface area contributed by atoms with Crippen LogP contribution < -0.4 is 0 Å². The molecule has 1 aliphatic rings. The van der Waals surface area contributed by atoms with Crippen LogP contribution in [0.25, 0.3) is 0 Å². The molecule has 2 N–H and O–H groups in total. The molecule has 0 aromatic carbocycles. The Kier molecular flexibility index (Phi) is 6.15. The summed E-state index contributed by atoms with van der Waals surface area (Å²) >= 11 is 0. The molecule has 1 unspecified atom stereocenters. The fourth-order valence-electron chi connectivity index (χ4n) is 2.15. The zero-order valence-electron chi connectivity index (χ0n) is 12.7. The van der Waals surface area contributed by atoms with Crippen molar-refractivity contribution in [1.29, 1.82) is 0 Å². The molecule has 6 nitrogen and oxygen atoms in total. The molecule has 0 aliphatic heterocycles. The average Bonchev–Trinajstić information content (AvgIpc) is 2.56. The number of aliphatic hydroxyl groups excluding tert-OH is 2. The summed E-state index contributed by atoms with van der Waals surface area (Å²) in [6, 6.07) is 0. The molecule has 0 radical (unpaired) electrons. The third kappa shape index (κ3) is 5.62. The first-order chi connectivity index (χ1) is 9.68. The Balaban J connectivity index is 2.63. The van der Waals surface area contributed by atoms with Gasteiger partial charge in [-0.05, 0) is 18.9 Å². The van der Waals surface area contributed by atoms with E-state index in [0.29, 0.717) is 29.6 Å². The molecule has 0 fully saturated rings. The summed E-state index contributed by atoms with van der Waals surface area (Å²) in [5.74, 6) is 0.0326. The number of hydrogen-bond acceptors (Lipinski definition) is 5. The molecule has 21 heavy (non-hydrogen) atoms. The quantitative estimate of drug-likeness (QED) is 0.417. The van der Waals surface area contributed by atoms with Crippen molar-refractivity contribution in [3.63, 3.8) is 0 Å². The second kappa shape index (κ2) is 7.22. The van der Waals surface area contributed by atoms with Crippen LogP contribution in [0.5, 0.6) is 0 Å². The number of rotatable bonds is 7. The second-order valence-corrected chi connectivity index (χ2v) is 7.38. The Morgan fingerprint density at radius 2 is 2.00 bits per heavy atom. The Bertz CT molecular complexity index is 546. The number of allylic oxidation sites excluding steroid dienone is 2. The standard InChI is InChI=1S/C14H23NO5S/c1-15(2,9-4-5-10-21(18,19)20-3)13-8-6-7-12(16)11-14(13)17/h6-8,11-12,16H,4-5,9-10H2,1-3H3/p+1. The SMILES string of the molecule is COS(=O)(=O)CCCC[N+](C)(C)C1=CC=CC(O)C=C1O. The van der Waals surface area contributed by atoms with E-state index in [1.165, 1.54) is 6.08 Å². The second-order valence-electron chi connectivity index (χ2n) is 5.52. The molecular weight excluding hydrogens is 294 g/mol. The Morgan fingerprint density at radius 1 is 1.33 bits per heavy atom. The van der Waals surface area contributed by atoms with Crippen LogP contribution in [0.3, 0.4) is 0 Å². The van der Waals surface area contributed by atoms with Crippen molar-refractivity contribution >= 4 is 10.1 Å². The molecule has 0 spiro atoms. The number of quaternary nitrogens is 1. The molecule has 0 saturated carbocycles. The van der Waals surface area contributed by atoms with E-state index >= 15 is 0 Å². The van der Waals surface area contributed by atoms with Crippen molar-refractivity contribution in [2.24, 2.45) is 0 Å². The molecule has 1 aliphatic carbocycles. The molecule has 0 aromatic rings. The number of nitrogens with zero attached hydrogens (tertiary/aromatic N) is 1. The van der Waals surface area contributed by atoms with Gasteiger partial charge in [-0.25, -0.2) is 0 Å². The molecule has 1 rings (SSSR count). The van der Waals surface area contributed by atoms with Gasteiger partial charge in [0.1, 0.15) is 0 Å². The lowest BCUT2D eigenvalue weighted by molar-refractivity contribution is -0.851. The van der Waals surface area contributed by atoms with Crippen LogP contribution in [-0.2, 0) is 14.3 Å². The predicted molar refractivity (Wildman–Crippen MR) is 80.9 cm³/mol. The van der Waals surface area contributed by atoms with Gasteiger partial charge in [0.15, 0.2) is 11.5 Å². The van der Waals surface area contributed by atoms with Gasteiger partial charge >= 0.3 is 0 Å². The first-order valence-electron chi connectivity index (χ1n) is 6.77. The van der Waals surface area contributed by atoms with Crippen LogP contribution in [0, 0.1) is 0 Å². The van der Waals surface area contributed by atoms with E-state index in [9.17, 15) is 18.6 Å². The van der Waals surface area contributed by atoms with E-state index in [2.05, 4.69) is 4.18 Å². The molecule has 1 atom stereocenters. The summed E-state index contributed by atoms with van der Waals surface area (Å²) in [6.07, 6.45) is 6.79. The van der Waals surface area contributed by atoms with E-state index in [1.54, 1.807) is 18.2 Å². The maximum atomic E-state index is 11.2. The average molecular weight is 318 g/mol. The smallest absolute Gasteiger partial charge is 0.267 e. The number of unbranched alkanes of at least 4 members (excludes halogenated alkanes) is 1. The van der Waals surface area contributed by atoms with Gasteiger partial charge in [-0.3, -0.25) is 8.67 Å². The lowest BCUT2D eigenvalue weighted by Gasteiger charge is -2.31. The molecule has 7 heteroatoms. The van der Waals surface area contributed by atoms with E-state index in [4.69, 9.17) is 0 Å². The first kappa shape index (κ1) is 17.9. The molecule has 0 saturated heterocycles. The van der Waals surface area contributed by atoms with Crippen molar-refractivity contribution in [2.75, 3.05) is 33.5 Å². The highest BCUT2D eigenvalue weighted by molar-refractivity contribution is 7.86. The van der Waals surface area contributed by atoms with Gasteiger partial charge in [0.05, 0.1) is 39.6 Å². The van der Waals surface area contributed by atoms with Crippen molar-refractivity contribution in [2.45, 2.75) is 18.9 Å². The van der Waals surface area contributed by atoms with Crippen LogP contribution in [-0.4, -0.2) is 62.7 Å². The van der Waals surface area contributed by atoms with Gasteiger partial charge in [0.25, 0.3) is 10.1 Å². The van der Waals surface area contributed by atoms with Gasteiger partial charge in [0, 0.05) is 6.08 Å². The molecule has 120 valence electrons. The van der Waals surface area contributed by atoms with Crippen molar-refractivity contribution < 1.29 is 27.3 Å². The maximum Gasteiger partial charge on any atom is 0.267 e. The third-order valence-corrected chi connectivity index (χ3v) is 4.72. The lowest BCUT2D eigenvalue weighted by atomic mass is 10.2. The minimum Gasteiger partial charge on any atom is -0.503 e. The van der Waals surface area contributed by atoms with Crippen LogP contribution >= 0.6 is 0 Å². The molecule has 0 bridgehead atoms. The van der Waals surface area contributed by atoms with Crippen LogP contribution in [0.2, 0.25) is 0 Å². The molecular formula is C14H24NO5S+. The fourth-order valence-corrected chi connectivity index (χ4v) is 2.87. The van der Waals surface area contributed by atoms with Crippen molar-refractivity contribution in [3.05, 3.63) is 35.8 Å². The zero-order valence-corrected chi connectivity index (χ0v) is 13.5. The predicted octanol–water partition coefficient (Wildman–Crippen LogP) is 1.08. The van der Waals surface area contributed by atoms with Crippen LogP contribution in [0.15, 0.2) is 35.8 Å². The van der Waals surface area contributed by atoms with E-state index in [1.807, 2.05) is 14.1 Å². The van der Waals surface area contributed by atoms with E-state index in [-0.39, 0.29) is 11.5 Å². The Hall–Kier alpha value is -1.15. The van der Waals surface area contributed by atoms with Crippen molar-refractivity contribution in [1.82, 2.24) is 0 Å². The van der Waals surface area contributed by atoms with Crippen molar-refractivity contribution in [3.8, 4) is 0 Å². The zero-order chi connectivity index (χ0) is 16.1. The Labute approximate surface area is 126 Å². The lowest BCUT2D eigenvalue weighted by Crippen LogP contribution is -2.40. The maximum absolute atomic E-state index is 11.2. The largest absolute Gasteiger partial charge is 0.503 e. The topological polar surface area (TPSA) is 83.8 Å². The van der Waals surface area contributed by atoms with Crippen LogP contribution in [0.1, 0.15) is 12.8 Å². The van der Waals surface area contributed by atoms with Gasteiger partial charge in [-0.15, -0.1) is 0 Å². The monoisotopic (exact) mass is 318 g/mol. The number of aliphatic hydroxyl groups is 2. The van der Waals surface area contributed by atoms with E-state index < -0.39 is 16.2 Å². The van der Waals surface area contributed by atoms with Gasteiger partial charge in [-0.1, -0.05) is 12.2 Å². The highest BCUT2D eigenvalue weighted by Crippen LogP contribution is 2.22. The summed E-state index contributed by atoms with van der Waals surface area (Å²) in [4.78, 5) is 0. The Morgan fingerprint density at radius 3 is 2.62 bits per heavy atom. The summed E-state index contributed by atoms with van der Waals surface area (Å²) in [6.45, 7) is 0.660. The highest BCUT2D eigenvalue weighted by Gasteiger charge is 2.26. The molecule has 0 aromatic heterocycles. The van der Waals surface area contributed by atoms with Gasteiger partial charge < -0.3 is 10.2 Å².